The molecule has 0 aromatic heterocycles. The predicted octanol–water partition coefficient (Wildman–Crippen LogP) is 1.98. The van der Waals surface area contributed by atoms with Crippen LogP contribution in [0.2, 0.25) is 0 Å². The van der Waals surface area contributed by atoms with Gasteiger partial charge in [-0.15, -0.1) is 0 Å². The van der Waals surface area contributed by atoms with Gasteiger partial charge in [-0.3, -0.25) is 0 Å². The van der Waals surface area contributed by atoms with Crippen molar-refractivity contribution in [3.63, 3.8) is 0 Å². The van der Waals surface area contributed by atoms with Gasteiger partial charge in [-0.1, -0.05) is 34.1 Å². The first-order valence-electron chi connectivity index (χ1n) is 4.92. The lowest BCUT2D eigenvalue weighted by Crippen LogP contribution is -2.48. The van der Waals surface area contributed by atoms with Gasteiger partial charge in [0.1, 0.15) is 0 Å². The summed E-state index contributed by atoms with van der Waals surface area (Å²) in [7, 11) is 0. The summed E-state index contributed by atoms with van der Waals surface area (Å²) in [5, 5.41) is 3.19. The van der Waals surface area contributed by atoms with Gasteiger partial charge in [0.2, 0.25) is 0 Å². The van der Waals surface area contributed by atoms with Gasteiger partial charge in [0, 0.05) is 17.6 Å². The van der Waals surface area contributed by atoms with Crippen molar-refractivity contribution in [3.05, 3.63) is 34.3 Å². The van der Waals surface area contributed by atoms with Gasteiger partial charge in [0.25, 0.3) is 0 Å². The summed E-state index contributed by atoms with van der Waals surface area (Å²) >= 11 is 3.53. The highest BCUT2D eigenvalue weighted by molar-refractivity contribution is 9.10. The zero-order chi connectivity index (χ0) is 9.80. The first kappa shape index (κ1) is 10.1. The van der Waals surface area contributed by atoms with E-state index < -0.39 is 0 Å². The van der Waals surface area contributed by atoms with Crippen LogP contribution in [-0.2, 0) is 11.2 Å². The summed E-state index contributed by atoms with van der Waals surface area (Å²) < 4.78 is 6.83. The molecule has 1 aliphatic heterocycles. The number of nitrogens with one attached hydrogen (secondary N) is 1. The molecule has 76 valence electrons. The third kappa shape index (κ3) is 2.56. The van der Waals surface area contributed by atoms with Gasteiger partial charge in [-0.25, -0.2) is 0 Å². The molecule has 0 radical (unpaired) electrons. The summed E-state index contributed by atoms with van der Waals surface area (Å²) in [5.74, 6) is 0. The maximum Gasteiger partial charge on any atom is 0.0823 e. The second kappa shape index (κ2) is 4.91. The van der Waals surface area contributed by atoms with E-state index in [-0.39, 0.29) is 0 Å². The third-order valence-corrected chi connectivity index (χ3v) is 3.20. The highest BCUT2D eigenvalue weighted by Gasteiger charge is 2.16. The maximum absolute atomic E-state index is 5.65. The molecule has 1 aromatic carbocycles. The molecule has 3 heteroatoms. The van der Waals surface area contributed by atoms with Crippen LogP contribution >= 0.6 is 15.9 Å². The summed E-state index contributed by atoms with van der Waals surface area (Å²) in [6, 6.07) is 8.29. The average molecular weight is 256 g/mol. The Morgan fingerprint density at radius 2 is 2.14 bits per heavy atom. The van der Waals surface area contributed by atoms with E-state index in [0.717, 1.165) is 26.1 Å². The molecule has 1 saturated heterocycles. The fraction of sp³-hybridized carbons (Fsp3) is 0.455. The first-order valence-corrected chi connectivity index (χ1v) is 5.71. The number of halogens is 1. The van der Waals surface area contributed by atoms with Crippen molar-refractivity contribution in [3.8, 4) is 0 Å². The summed E-state index contributed by atoms with van der Waals surface area (Å²) in [4.78, 5) is 0. The molecule has 0 saturated carbocycles. The lowest BCUT2D eigenvalue weighted by molar-refractivity contribution is 0.0207. The minimum atomic E-state index is 0.442. The van der Waals surface area contributed by atoms with Crippen LogP contribution in [0.1, 0.15) is 5.56 Å². The summed E-state index contributed by atoms with van der Waals surface area (Å²) in [6.45, 7) is 2.83. The van der Waals surface area contributed by atoms with E-state index in [1.54, 1.807) is 0 Å². The van der Waals surface area contributed by atoms with Crippen molar-refractivity contribution in [1.29, 1.82) is 0 Å². The van der Waals surface area contributed by atoms with Crippen molar-refractivity contribution < 1.29 is 4.74 Å². The van der Waals surface area contributed by atoms with Crippen LogP contribution in [0.4, 0.5) is 0 Å². The monoisotopic (exact) mass is 255 g/mol. The molecular weight excluding hydrogens is 242 g/mol. The molecule has 0 atom stereocenters. The van der Waals surface area contributed by atoms with Gasteiger partial charge in [-0.2, -0.15) is 0 Å². The third-order valence-electron chi connectivity index (χ3n) is 2.43. The molecule has 1 heterocycles. The van der Waals surface area contributed by atoms with Crippen LogP contribution in [0.15, 0.2) is 28.7 Å². The molecule has 1 aromatic rings. The number of hydrogen-bond acceptors (Lipinski definition) is 2. The molecule has 0 spiro atoms. The Hall–Kier alpha value is -0.380. The Morgan fingerprint density at radius 1 is 1.36 bits per heavy atom. The van der Waals surface area contributed by atoms with Gasteiger partial charge >= 0.3 is 0 Å². The van der Waals surface area contributed by atoms with Crippen LogP contribution in [0.5, 0.6) is 0 Å². The number of rotatable bonds is 4. The van der Waals surface area contributed by atoms with Gasteiger partial charge in [0.15, 0.2) is 0 Å². The Bertz CT molecular complexity index is 299. The van der Waals surface area contributed by atoms with E-state index in [1.807, 2.05) is 6.07 Å². The molecule has 0 unspecified atom stereocenters. The van der Waals surface area contributed by atoms with Crippen LogP contribution in [0, 0.1) is 0 Å². The van der Waals surface area contributed by atoms with Crippen LogP contribution in [0.25, 0.3) is 0 Å². The summed E-state index contributed by atoms with van der Waals surface area (Å²) in [5.41, 5.74) is 1.32. The van der Waals surface area contributed by atoms with E-state index in [9.17, 15) is 0 Å². The van der Waals surface area contributed by atoms with Gasteiger partial charge < -0.3 is 10.1 Å². The Morgan fingerprint density at radius 3 is 2.79 bits per heavy atom. The molecule has 14 heavy (non-hydrogen) atoms. The predicted molar refractivity (Wildman–Crippen MR) is 60.5 cm³/mol. The van der Waals surface area contributed by atoms with Gasteiger partial charge in [0.05, 0.1) is 12.7 Å². The summed E-state index contributed by atoms with van der Waals surface area (Å²) in [6.07, 6.45) is 1.43. The molecule has 1 N–H and O–H groups in total. The molecule has 0 amide bonds. The number of benzene rings is 1. The Kier molecular flexibility index (Phi) is 3.56. The Balaban J connectivity index is 1.76. The first-order chi connectivity index (χ1) is 6.86. The van der Waals surface area contributed by atoms with E-state index >= 15 is 0 Å². The lowest BCUT2D eigenvalue weighted by atomic mass is 10.1. The van der Waals surface area contributed by atoms with E-state index in [1.165, 1.54) is 10.0 Å². The maximum atomic E-state index is 5.65. The molecule has 0 aliphatic carbocycles. The van der Waals surface area contributed by atoms with E-state index in [0.29, 0.717) is 6.10 Å². The standard InChI is InChI=1S/C11H14BrNO/c12-11-4-2-1-3-9(11)5-6-14-10-7-13-8-10/h1-4,10,13H,5-8H2. The second-order valence-corrected chi connectivity index (χ2v) is 4.35. The minimum absolute atomic E-state index is 0.442. The van der Waals surface area contributed by atoms with Crippen molar-refractivity contribution in [1.82, 2.24) is 5.32 Å². The smallest absolute Gasteiger partial charge is 0.0823 e. The molecule has 2 nitrogen and oxygen atoms in total. The second-order valence-electron chi connectivity index (χ2n) is 3.49. The van der Waals surface area contributed by atoms with Crippen molar-refractivity contribution >= 4 is 15.9 Å². The van der Waals surface area contributed by atoms with Crippen molar-refractivity contribution in [2.75, 3.05) is 19.7 Å². The SMILES string of the molecule is Brc1ccccc1CCOC1CNC1. The molecule has 1 fully saturated rings. The number of hydrogen-bond donors (Lipinski definition) is 1. The topological polar surface area (TPSA) is 21.3 Å². The highest BCUT2D eigenvalue weighted by Crippen LogP contribution is 2.16. The van der Waals surface area contributed by atoms with Crippen molar-refractivity contribution in [2.24, 2.45) is 0 Å². The highest BCUT2D eigenvalue weighted by atomic mass is 79.9. The minimum Gasteiger partial charge on any atom is -0.375 e. The molecule has 2 rings (SSSR count). The van der Waals surface area contributed by atoms with E-state index in [4.69, 9.17) is 4.74 Å². The van der Waals surface area contributed by atoms with Crippen LogP contribution in [0.3, 0.4) is 0 Å². The van der Waals surface area contributed by atoms with E-state index in [2.05, 4.69) is 39.4 Å². The lowest BCUT2D eigenvalue weighted by Gasteiger charge is -2.27. The quantitative estimate of drug-likeness (QED) is 0.889. The zero-order valence-corrected chi connectivity index (χ0v) is 9.59. The Labute approximate surface area is 92.8 Å². The van der Waals surface area contributed by atoms with Crippen LogP contribution < -0.4 is 5.32 Å². The van der Waals surface area contributed by atoms with Crippen LogP contribution in [-0.4, -0.2) is 25.8 Å². The normalized spacial score (nSPS) is 16.6. The molecular formula is C11H14BrNO. The van der Waals surface area contributed by atoms with Crippen molar-refractivity contribution in [2.45, 2.75) is 12.5 Å². The average Bonchev–Trinajstić information content (AvgIpc) is 2.12. The zero-order valence-electron chi connectivity index (χ0n) is 8.00. The number of ether oxygens (including phenoxy) is 1. The van der Waals surface area contributed by atoms with Gasteiger partial charge in [-0.05, 0) is 18.1 Å². The fourth-order valence-electron chi connectivity index (χ4n) is 1.42. The molecule has 1 aliphatic rings. The fourth-order valence-corrected chi connectivity index (χ4v) is 1.90. The molecule has 0 bridgehead atoms. The largest absolute Gasteiger partial charge is 0.375 e.